The Morgan fingerprint density at radius 2 is 2.19 bits per heavy atom. The van der Waals surface area contributed by atoms with Gasteiger partial charge in [-0.15, -0.1) is 0 Å². The fourth-order valence-electron chi connectivity index (χ4n) is 1.85. The number of nitrogens with one attached hydrogen (secondary N) is 1. The summed E-state index contributed by atoms with van der Waals surface area (Å²) in [5.74, 6) is -0.113. The average molecular weight is 333 g/mol. The molecule has 1 atom stereocenters. The first-order valence-electron chi connectivity index (χ1n) is 6.09. The molecule has 114 valence electrons. The van der Waals surface area contributed by atoms with Crippen LogP contribution in [0.1, 0.15) is 12.7 Å². The van der Waals surface area contributed by atoms with Crippen molar-refractivity contribution in [2.45, 2.75) is 24.3 Å². The Kier molecular flexibility index (Phi) is 4.55. The lowest BCUT2D eigenvalue weighted by Gasteiger charge is -2.14. The number of benzene rings is 1. The smallest absolute Gasteiger partial charge is 0.242 e. The van der Waals surface area contributed by atoms with E-state index < -0.39 is 21.9 Å². The normalized spacial score (nSPS) is 13.3. The maximum Gasteiger partial charge on any atom is 0.242 e. The lowest BCUT2D eigenvalue weighted by Crippen LogP contribution is -2.34. The van der Waals surface area contributed by atoms with Crippen LogP contribution in [0.25, 0.3) is 0 Å². The molecule has 21 heavy (non-hydrogen) atoms. The molecule has 0 spiro atoms. The predicted octanol–water partition coefficient (Wildman–Crippen LogP) is 2.56. The highest BCUT2D eigenvalue weighted by Crippen LogP contribution is 2.26. The van der Waals surface area contributed by atoms with Crippen LogP contribution in [0.4, 0.5) is 10.1 Å². The summed E-state index contributed by atoms with van der Waals surface area (Å²) >= 11 is 5.78. The minimum Gasteiger partial charge on any atom is -0.469 e. The van der Waals surface area contributed by atoms with E-state index in [1.54, 1.807) is 19.1 Å². The number of hydrogen-bond acceptors (Lipinski definition) is 4. The van der Waals surface area contributed by atoms with Crippen LogP contribution >= 0.6 is 11.6 Å². The molecule has 8 heteroatoms. The molecule has 0 fully saturated rings. The van der Waals surface area contributed by atoms with Crippen LogP contribution in [0, 0.1) is 5.82 Å². The SMILES string of the molecule is CC(Cc1ccco1)NS(=O)(=O)c1cc(N)c(F)cc1Cl. The fraction of sp³-hybridized carbons (Fsp3) is 0.231. The Balaban J connectivity index is 2.20. The molecule has 2 rings (SSSR count). The zero-order valence-electron chi connectivity index (χ0n) is 11.1. The maximum absolute atomic E-state index is 13.2. The van der Waals surface area contributed by atoms with Gasteiger partial charge in [-0.3, -0.25) is 0 Å². The van der Waals surface area contributed by atoms with Crippen molar-refractivity contribution in [3.05, 3.63) is 47.1 Å². The zero-order chi connectivity index (χ0) is 15.6. The molecule has 0 bridgehead atoms. The summed E-state index contributed by atoms with van der Waals surface area (Å²) in [6.07, 6.45) is 1.88. The third-order valence-corrected chi connectivity index (χ3v) is 4.84. The van der Waals surface area contributed by atoms with Gasteiger partial charge >= 0.3 is 0 Å². The van der Waals surface area contributed by atoms with Crippen molar-refractivity contribution in [1.82, 2.24) is 4.72 Å². The molecule has 0 saturated carbocycles. The third-order valence-electron chi connectivity index (χ3n) is 2.78. The lowest BCUT2D eigenvalue weighted by atomic mass is 10.2. The van der Waals surface area contributed by atoms with Gasteiger partial charge in [0.05, 0.1) is 17.0 Å². The van der Waals surface area contributed by atoms with Gasteiger partial charge in [0.15, 0.2) is 0 Å². The third kappa shape index (κ3) is 3.75. The molecule has 2 aromatic rings. The van der Waals surface area contributed by atoms with E-state index in [2.05, 4.69) is 4.72 Å². The quantitative estimate of drug-likeness (QED) is 0.824. The van der Waals surface area contributed by atoms with E-state index in [0.717, 1.165) is 12.1 Å². The summed E-state index contributed by atoms with van der Waals surface area (Å²) in [7, 11) is -3.90. The Labute approximate surface area is 126 Å². The van der Waals surface area contributed by atoms with Crippen LogP contribution in [0.15, 0.2) is 39.8 Å². The first-order valence-corrected chi connectivity index (χ1v) is 7.95. The van der Waals surface area contributed by atoms with E-state index in [0.29, 0.717) is 12.2 Å². The zero-order valence-corrected chi connectivity index (χ0v) is 12.7. The molecular formula is C13H14ClFN2O3S. The molecule has 0 radical (unpaired) electrons. The van der Waals surface area contributed by atoms with Gasteiger partial charge in [-0.05, 0) is 31.2 Å². The highest BCUT2D eigenvalue weighted by Gasteiger charge is 2.22. The standard InChI is InChI=1S/C13H14ClFN2O3S/c1-8(5-9-3-2-4-20-9)17-21(18,19)13-7-12(16)11(15)6-10(13)14/h2-4,6-8,17H,5,16H2,1H3. The predicted molar refractivity (Wildman–Crippen MR) is 78.0 cm³/mol. The molecule has 5 nitrogen and oxygen atoms in total. The molecule has 1 heterocycles. The number of rotatable bonds is 5. The van der Waals surface area contributed by atoms with Crippen molar-refractivity contribution < 1.29 is 17.2 Å². The lowest BCUT2D eigenvalue weighted by molar-refractivity contribution is 0.479. The van der Waals surface area contributed by atoms with Gasteiger partial charge < -0.3 is 10.2 Å². The maximum atomic E-state index is 13.2. The topological polar surface area (TPSA) is 85.3 Å². The molecule has 0 aliphatic rings. The van der Waals surface area contributed by atoms with Gasteiger partial charge in [-0.2, -0.15) is 0 Å². The molecule has 0 aliphatic heterocycles. The van der Waals surface area contributed by atoms with Crippen molar-refractivity contribution in [2.75, 3.05) is 5.73 Å². The second-order valence-corrected chi connectivity index (χ2v) is 6.70. The van der Waals surface area contributed by atoms with Gasteiger partial charge in [-0.1, -0.05) is 11.6 Å². The van der Waals surface area contributed by atoms with Crippen molar-refractivity contribution in [2.24, 2.45) is 0 Å². The molecule has 0 saturated heterocycles. The summed E-state index contributed by atoms with van der Waals surface area (Å²) in [5, 5.41) is -0.223. The summed E-state index contributed by atoms with van der Waals surface area (Å²) in [4.78, 5) is -0.255. The van der Waals surface area contributed by atoms with Crippen molar-refractivity contribution in [3.63, 3.8) is 0 Å². The van der Waals surface area contributed by atoms with Crippen LogP contribution in [-0.2, 0) is 16.4 Å². The van der Waals surface area contributed by atoms with E-state index in [1.165, 1.54) is 6.26 Å². The number of anilines is 1. The minimum absolute atomic E-state index is 0.223. The van der Waals surface area contributed by atoms with Crippen molar-refractivity contribution in [3.8, 4) is 0 Å². The van der Waals surface area contributed by atoms with Gasteiger partial charge in [0.2, 0.25) is 10.0 Å². The van der Waals surface area contributed by atoms with Crippen LogP contribution in [0.2, 0.25) is 5.02 Å². The average Bonchev–Trinajstić information content (AvgIpc) is 2.85. The van der Waals surface area contributed by atoms with E-state index >= 15 is 0 Å². The Bertz CT molecular complexity index is 732. The van der Waals surface area contributed by atoms with Crippen molar-refractivity contribution >= 4 is 27.3 Å². The van der Waals surface area contributed by atoms with Crippen LogP contribution < -0.4 is 10.5 Å². The molecule has 3 N–H and O–H groups in total. The summed E-state index contributed by atoms with van der Waals surface area (Å²) < 4.78 is 45.3. The fourth-order valence-corrected chi connectivity index (χ4v) is 3.64. The summed E-state index contributed by atoms with van der Waals surface area (Å²) in [6, 6.07) is 4.91. The number of halogens is 2. The Morgan fingerprint density at radius 1 is 1.48 bits per heavy atom. The second kappa shape index (κ2) is 6.05. The van der Waals surface area contributed by atoms with Crippen LogP contribution in [0.3, 0.4) is 0 Å². The van der Waals surface area contributed by atoms with E-state index in [9.17, 15) is 12.8 Å². The molecule has 0 aliphatic carbocycles. The second-order valence-electron chi connectivity index (χ2n) is 4.61. The molecule has 0 amide bonds. The van der Waals surface area contributed by atoms with E-state index in [1.807, 2.05) is 0 Å². The number of nitrogens with two attached hydrogens (primary N) is 1. The minimum atomic E-state index is -3.90. The highest BCUT2D eigenvalue weighted by atomic mass is 35.5. The molecular weight excluding hydrogens is 319 g/mol. The molecule has 1 unspecified atom stereocenters. The van der Waals surface area contributed by atoms with Crippen LogP contribution in [0.5, 0.6) is 0 Å². The number of nitrogen functional groups attached to an aromatic ring is 1. The van der Waals surface area contributed by atoms with E-state index in [-0.39, 0.29) is 15.6 Å². The van der Waals surface area contributed by atoms with Gasteiger partial charge in [-0.25, -0.2) is 17.5 Å². The first-order chi connectivity index (χ1) is 9.79. The molecule has 1 aromatic heterocycles. The Morgan fingerprint density at radius 3 is 2.81 bits per heavy atom. The van der Waals surface area contributed by atoms with Gasteiger partial charge in [0.1, 0.15) is 16.5 Å². The highest BCUT2D eigenvalue weighted by molar-refractivity contribution is 7.89. The number of sulfonamides is 1. The summed E-state index contributed by atoms with van der Waals surface area (Å²) in [6.45, 7) is 1.68. The number of furan rings is 1. The molecule has 1 aromatic carbocycles. The van der Waals surface area contributed by atoms with Crippen molar-refractivity contribution in [1.29, 1.82) is 0 Å². The van der Waals surface area contributed by atoms with Gasteiger partial charge in [0.25, 0.3) is 0 Å². The number of hydrogen-bond donors (Lipinski definition) is 2. The van der Waals surface area contributed by atoms with Gasteiger partial charge in [0, 0.05) is 12.5 Å². The summed E-state index contributed by atoms with van der Waals surface area (Å²) in [5.41, 5.74) is 5.11. The van der Waals surface area contributed by atoms with E-state index in [4.69, 9.17) is 21.8 Å². The monoisotopic (exact) mass is 332 g/mol. The largest absolute Gasteiger partial charge is 0.469 e. The Hall–Kier alpha value is -1.57. The van der Waals surface area contributed by atoms with Crippen LogP contribution in [-0.4, -0.2) is 14.5 Å². The first kappa shape index (κ1) is 15.8.